The summed E-state index contributed by atoms with van der Waals surface area (Å²) in [6, 6.07) is 0.327. The third kappa shape index (κ3) is 3.59. The SMILES string of the molecule is CCS(=O)(=O)N(C)CC(=O)N1CC[C@H](C)[C@H]2CCCC[C@H]21. The van der Waals surface area contributed by atoms with Crippen LogP contribution >= 0.6 is 0 Å². The van der Waals surface area contributed by atoms with Crippen LogP contribution in [0.2, 0.25) is 0 Å². The number of sulfonamides is 1. The fourth-order valence-corrected chi connectivity index (χ4v) is 4.57. The van der Waals surface area contributed by atoms with Crippen LogP contribution in [0, 0.1) is 11.8 Å². The third-order valence-electron chi connectivity index (χ3n) is 5.26. The molecule has 5 nitrogen and oxygen atoms in total. The Morgan fingerprint density at radius 1 is 1.24 bits per heavy atom. The van der Waals surface area contributed by atoms with Crippen LogP contribution in [0.4, 0.5) is 0 Å². The Morgan fingerprint density at radius 3 is 2.57 bits per heavy atom. The van der Waals surface area contributed by atoms with Gasteiger partial charge >= 0.3 is 0 Å². The van der Waals surface area contributed by atoms with E-state index in [2.05, 4.69) is 6.92 Å². The molecular formula is C15H28N2O3S. The van der Waals surface area contributed by atoms with Crippen LogP contribution in [0.25, 0.3) is 0 Å². The first kappa shape index (κ1) is 16.7. The lowest BCUT2D eigenvalue weighted by atomic mass is 9.72. The van der Waals surface area contributed by atoms with Gasteiger partial charge in [0.15, 0.2) is 0 Å². The van der Waals surface area contributed by atoms with Gasteiger partial charge in [-0.3, -0.25) is 4.79 Å². The molecule has 2 rings (SSSR count). The Morgan fingerprint density at radius 2 is 1.90 bits per heavy atom. The summed E-state index contributed by atoms with van der Waals surface area (Å²) in [7, 11) is -1.78. The molecule has 2 aliphatic rings. The Hall–Kier alpha value is -0.620. The minimum absolute atomic E-state index is 0.0201. The highest BCUT2D eigenvalue weighted by Gasteiger charge is 2.39. The first-order valence-corrected chi connectivity index (χ1v) is 9.71. The summed E-state index contributed by atoms with van der Waals surface area (Å²) in [6.07, 6.45) is 5.76. The average molecular weight is 316 g/mol. The maximum Gasteiger partial charge on any atom is 0.238 e. The van der Waals surface area contributed by atoms with E-state index in [0.29, 0.717) is 17.9 Å². The number of likely N-dealkylation sites (N-methyl/N-ethyl adjacent to an activating group) is 1. The van der Waals surface area contributed by atoms with Crippen LogP contribution in [-0.4, -0.2) is 55.5 Å². The predicted octanol–water partition coefficient (Wildman–Crippen LogP) is 1.70. The lowest BCUT2D eigenvalue weighted by Gasteiger charge is -2.47. The number of hydrogen-bond donors (Lipinski definition) is 0. The van der Waals surface area contributed by atoms with Gasteiger partial charge in [-0.2, -0.15) is 4.31 Å². The maximum absolute atomic E-state index is 12.6. The van der Waals surface area contributed by atoms with Crippen LogP contribution in [0.5, 0.6) is 0 Å². The minimum atomic E-state index is -3.29. The first-order chi connectivity index (χ1) is 9.86. The summed E-state index contributed by atoms with van der Waals surface area (Å²) < 4.78 is 24.8. The summed E-state index contributed by atoms with van der Waals surface area (Å²) in [5, 5.41) is 0. The summed E-state index contributed by atoms with van der Waals surface area (Å²) in [4.78, 5) is 14.5. The van der Waals surface area contributed by atoms with Gasteiger partial charge < -0.3 is 4.90 Å². The molecule has 1 aliphatic heterocycles. The molecular weight excluding hydrogens is 288 g/mol. The van der Waals surface area contributed by atoms with Crippen molar-refractivity contribution in [2.75, 3.05) is 25.9 Å². The summed E-state index contributed by atoms with van der Waals surface area (Å²) in [5.41, 5.74) is 0. The number of hydrogen-bond acceptors (Lipinski definition) is 3. The van der Waals surface area contributed by atoms with Crippen molar-refractivity contribution in [3.8, 4) is 0 Å². The number of nitrogens with zero attached hydrogens (tertiary/aromatic N) is 2. The van der Waals surface area contributed by atoms with E-state index >= 15 is 0 Å². The van der Waals surface area contributed by atoms with Crippen LogP contribution in [0.1, 0.15) is 46.0 Å². The highest BCUT2D eigenvalue weighted by atomic mass is 32.2. The molecule has 1 aliphatic carbocycles. The number of likely N-dealkylation sites (tertiary alicyclic amines) is 1. The number of fused-ring (bicyclic) bond motifs is 1. The smallest absolute Gasteiger partial charge is 0.238 e. The molecule has 1 heterocycles. The number of amides is 1. The Kier molecular flexibility index (Phi) is 5.30. The molecule has 0 aromatic rings. The van der Waals surface area contributed by atoms with Crippen LogP contribution in [0.15, 0.2) is 0 Å². The van der Waals surface area contributed by atoms with Crippen molar-refractivity contribution in [1.29, 1.82) is 0 Å². The molecule has 1 saturated carbocycles. The van der Waals surface area contributed by atoms with E-state index in [1.54, 1.807) is 6.92 Å². The van der Waals surface area contributed by atoms with Crippen molar-refractivity contribution in [1.82, 2.24) is 9.21 Å². The van der Waals surface area contributed by atoms with Crippen LogP contribution in [0.3, 0.4) is 0 Å². The molecule has 122 valence electrons. The zero-order valence-electron chi connectivity index (χ0n) is 13.4. The summed E-state index contributed by atoms with van der Waals surface area (Å²) in [6.45, 7) is 4.66. The second-order valence-electron chi connectivity index (χ2n) is 6.53. The number of rotatable bonds is 4. The molecule has 0 aromatic carbocycles. The van der Waals surface area contributed by atoms with Gasteiger partial charge in [0, 0.05) is 19.6 Å². The molecule has 0 spiro atoms. The molecule has 0 bridgehead atoms. The van der Waals surface area contributed by atoms with E-state index in [1.165, 1.54) is 30.6 Å². The van der Waals surface area contributed by atoms with Crippen molar-refractivity contribution in [2.24, 2.45) is 11.8 Å². The van der Waals surface area contributed by atoms with Gasteiger partial charge in [-0.25, -0.2) is 8.42 Å². The predicted molar refractivity (Wildman–Crippen MR) is 83.3 cm³/mol. The monoisotopic (exact) mass is 316 g/mol. The maximum atomic E-state index is 12.6. The van der Waals surface area contributed by atoms with Crippen molar-refractivity contribution < 1.29 is 13.2 Å². The summed E-state index contributed by atoms with van der Waals surface area (Å²) >= 11 is 0. The van der Waals surface area contributed by atoms with E-state index in [4.69, 9.17) is 0 Å². The fraction of sp³-hybridized carbons (Fsp3) is 0.933. The van der Waals surface area contributed by atoms with Crippen molar-refractivity contribution in [3.05, 3.63) is 0 Å². The van der Waals surface area contributed by atoms with E-state index in [0.717, 1.165) is 19.4 Å². The molecule has 0 N–H and O–H groups in total. The van der Waals surface area contributed by atoms with Crippen molar-refractivity contribution >= 4 is 15.9 Å². The minimum Gasteiger partial charge on any atom is -0.338 e. The van der Waals surface area contributed by atoms with Crippen LogP contribution < -0.4 is 0 Å². The highest BCUT2D eigenvalue weighted by molar-refractivity contribution is 7.89. The molecule has 1 amide bonds. The second-order valence-corrected chi connectivity index (χ2v) is 8.89. The largest absolute Gasteiger partial charge is 0.338 e. The fourth-order valence-electron chi connectivity index (χ4n) is 3.82. The van der Waals surface area contributed by atoms with Crippen molar-refractivity contribution in [3.63, 3.8) is 0 Å². The zero-order valence-corrected chi connectivity index (χ0v) is 14.2. The molecule has 6 heteroatoms. The van der Waals surface area contributed by atoms with E-state index < -0.39 is 10.0 Å². The van der Waals surface area contributed by atoms with Gasteiger partial charge in [-0.15, -0.1) is 0 Å². The normalized spacial score (nSPS) is 30.3. The number of piperidine rings is 1. The Bertz CT molecular complexity index is 477. The topological polar surface area (TPSA) is 57.7 Å². The molecule has 0 aromatic heterocycles. The number of carbonyl (C=O) groups is 1. The molecule has 0 unspecified atom stereocenters. The lowest BCUT2D eigenvalue weighted by molar-refractivity contribution is -0.139. The van der Waals surface area contributed by atoms with Gasteiger partial charge in [0.05, 0.1) is 12.3 Å². The van der Waals surface area contributed by atoms with E-state index in [1.807, 2.05) is 4.90 Å². The standard InChI is InChI=1S/C15H28N2O3S/c1-4-21(19,20)16(3)11-15(18)17-10-9-12(2)13-7-5-6-8-14(13)17/h12-14H,4-11H2,1-3H3/t12-,13+,14+/m0/s1. The van der Waals surface area contributed by atoms with Crippen LogP contribution in [-0.2, 0) is 14.8 Å². The molecule has 1 saturated heterocycles. The van der Waals surface area contributed by atoms with Gasteiger partial charge in [0.2, 0.25) is 15.9 Å². The lowest BCUT2D eigenvalue weighted by Crippen LogP contribution is -2.54. The highest BCUT2D eigenvalue weighted by Crippen LogP contribution is 2.38. The molecule has 2 fully saturated rings. The Labute approximate surface area is 128 Å². The third-order valence-corrected chi connectivity index (χ3v) is 7.06. The second kappa shape index (κ2) is 6.65. The summed E-state index contributed by atoms with van der Waals surface area (Å²) in [5.74, 6) is 1.29. The molecule has 3 atom stereocenters. The van der Waals surface area contributed by atoms with Gasteiger partial charge in [-0.05, 0) is 38.0 Å². The average Bonchev–Trinajstić information content (AvgIpc) is 2.47. The van der Waals surface area contributed by atoms with Gasteiger partial charge in [-0.1, -0.05) is 19.8 Å². The first-order valence-electron chi connectivity index (χ1n) is 8.10. The van der Waals surface area contributed by atoms with Crippen molar-refractivity contribution in [2.45, 2.75) is 52.0 Å². The van der Waals surface area contributed by atoms with Gasteiger partial charge in [0.1, 0.15) is 0 Å². The molecule has 0 radical (unpaired) electrons. The molecule has 21 heavy (non-hydrogen) atoms. The quantitative estimate of drug-likeness (QED) is 0.793. The Balaban J connectivity index is 2.05. The van der Waals surface area contributed by atoms with E-state index in [9.17, 15) is 13.2 Å². The zero-order chi connectivity index (χ0) is 15.6. The van der Waals surface area contributed by atoms with E-state index in [-0.39, 0.29) is 18.2 Å². The number of carbonyl (C=O) groups excluding carboxylic acids is 1. The van der Waals surface area contributed by atoms with Gasteiger partial charge in [0.25, 0.3) is 0 Å².